The van der Waals surface area contributed by atoms with E-state index in [0.29, 0.717) is 19.0 Å². The lowest BCUT2D eigenvalue weighted by molar-refractivity contribution is -0.436. The molecule has 2 atom stereocenters. The molecule has 0 amide bonds. The van der Waals surface area contributed by atoms with Crippen molar-refractivity contribution in [3.63, 3.8) is 0 Å². The number of carboxylic acids is 2. The van der Waals surface area contributed by atoms with Gasteiger partial charge in [-0.3, -0.25) is 9.59 Å². The molecule has 0 spiro atoms. The fraction of sp³-hybridized carbons (Fsp3) is 0.685. The monoisotopic (exact) mass is 1240 g/mol. The fourth-order valence-corrected chi connectivity index (χ4v) is 13.9. The summed E-state index contributed by atoms with van der Waals surface area (Å²) in [6, 6.07) is 14.2. The number of aliphatic carboxylic acids is 2. The van der Waals surface area contributed by atoms with Gasteiger partial charge in [0.1, 0.15) is 6.42 Å². The Bertz CT molecular complexity index is 2430. The molecular formula is C73H114ClIN2O4. The van der Waals surface area contributed by atoms with Crippen LogP contribution in [-0.4, -0.2) is 45.5 Å². The van der Waals surface area contributed by atoms with E-state index < -0.39 is 11.9 Å². The maximum atomic E-state index is 12.5. The molecule has 2 unspecified atom stereocenters. The highest BCUT2D eigenvalue weighted by Gasteiger charge is 2.51. The van der Waals surface area contributed by atoms with E-state index in [9.17, 15) is 19.8 Å². The molecule has 0 saturated heterocycles. The summed E-state index contributed by atoms with van der Waals surface area (Å²) >= 11 is 7.89. The van der Waals surface area contributed by atoms with Crippen LogP contribution in [0.3, 0.4) is 0 Å². The number of allylic oxidation sites excluding steroid dienone is 8. The van der Waals surface area contributed by atoms with E-state index >= 15 is 0 Å². The fourth-order valence-electron chi connectivity index (χ4n) is 13.7. The van der Waals surface area contributed by atoms with Crippen LogP contribution in [-0.2, 0) is 31.2 Å². The summed E-state index contributed by atoms with van der Waals surface area (Å²) in [4.78, 5) is 27.5. The van der Waals surface area contributed by atoms with Gasteiger partial charge >= 0.3 is 11.9 Å². The Morgan fingerprint density at radius 2 is 1.05 bits per heavy atom. The molecule has 3 aliphatic rings. The molecule has 8 heteroatoms. The molecule has 6 nitrogen and oxygen atoms in total. The number of carboxylic acid groups (broad SMARTS) is 2. The number of unbranched alkanes of at least 4 members (excludes halogenated alkanes) is 19. The topological polar surface area (TPSA) is 80.9 Å². The third-order valence-corrected chi connectivity index (χ3v) is 19.1. The second kappa shape index (κ2) is 34.7. The van der Waals surface area contributed by atoms with Crippen LogP contribution in [0.4, 0.5) is 11.4 Å². The van der Waals surface area contributed by atoms with Crippen LogP contribution in [0.25, 0.3) is 0 Å². The number of rotatable bonds is 37. The van der Waals surface area contributed by atoms with E-state index in [-0.39, 0.29) is 58.5 Å². The first-order valence-corrected chi connectivity index (χ1v) is 33.3. The first-order valence-electron chi connectivity index (χ1n) is 33.0. The predicted molar refractivity (Wildman–Crippen MR) is 344 cm³/mol. The molecule has 2 aromatic rings. The molecule has 0 fully saturated rings. The van der Waals surface area contributed by atoms with Crippen LogP contribution >= 0.6 is 11.6 Å². The molecule has 2 aromatic carbocycles. The molecule has 0 aromatic heterocycles. The first-order chi connectivity index (χ1) is 38.3. The smallest absolute Gasteiger partial charge is 0.309 e. The summed E-state index contributed by atoms with van der Waals surface area (Å²) in [5.41, 5.74) is 12.0. The van der Waals surface area contributed by atoms with E-state index in [1.54, 1.807) is 0 Å². The van der Waals surface area contributed by atoms with Crippen molar-refractivity contribution in [3.8, 4) is 0 Å². The van der Waals surface area contributed by atoms with Gasteiger partial charge in [-0.05, 0) is 101 Å². The van der Waals surface area contributed by atoms with E-state index in [2.05, 4.69) is 146 Å². The third-order valence-electron chi connectivity index (χ3n) is 18.6. The standard InChI is InChI=1S/C73H113ClN2O4.HI/c1-12-17-21-25-29-33-47-72(46-32-28-24-20-15-4)61-54-59(70(6,7)8)38-40-63(61)75(50-44-67(77)78)65(72)42-36-57-52-56(16-5)53-58(69(57)74)37-43-66-73(48-34-30-26-22-18-13-2,49-35-31-27-23-19-14-3)62-55-60(71(9,10)11)39-41-64(62)76(66)51-45-68(79)80;/h36-43,54-56H,12-35,44-53H2,1-11H3,(H-,77,78,79,80);1H. The van der Waals surface area contributed by atoms with Gasteiger partial charge in [-0.1, -0.05) is 272 Å². The Balaban J connectivity index is 0.0000141. The van der Waals surface area contributed by atoms with Crippen molar-refractivity contribution in [3.05, 3.63) is 105 Å². The summed E-state index contributed by atoms with van der Waals surface area (Å²) in [6.07, 6.45) is 44.7. The Morgan fingerprint density at radius 3 is 1.52 bits per heavy atom. The minimum atomic E-state index is -0.772. The molecule has 81 heavy (non-hydrogen) atoms. The highest BCUT2D eigenvalue weighted by atomic mass is 127. The zero-order chi connectivity index (χ0) is 58.4. The highest BCUT2D eigenvalue weighted by molar-refractivity contribution is 6.32. The number of fused-ring (bicyclic) bond motifs is 2. The van der Waals surface area contributed by atoms with Gasteiger partial charge in [0.2, 0.25) is 5.69 Å². The van der Waals surface area contributed by atoms with Crippen molar-refractivity contribution in [2.24, 2.45) is 5.92 Å². The number of hydrogen-bond donors (Lipinski definition) is 2. The lowest BCUT2D eigenvalue weighted by Gasteiger charge is -2.35. The molecule has 2 N–H and O–H groups in total. The quantitative estimate of drug-likeness (QED) is 0.0400. The van der Waals surface area contributed by atoms with Crippen molar-refractivity contribution in [1.82, 2.24) is 0 Å². The zero-order valence-corrected chi connectivity index (χ0v) is 56.2. The van der Waals surface area contributed by atoms with Crippen LogP contribution in [0.5, 0.6) is 0 Å². The summed E-state index contributed by atoms with van der Waals surface area (Å²) < 4.78 is 2.40. The van der Waals surface area contributed by atoms with Gasteiger partial charge in [0.25, 0.3) is 0 Å². The second-order valence-electron chi connectivity index (χ2n) is 26.9. The maximum Gasteiger partial charge on any atom is 0.309 e. The van der Waals surface area contributed by atoms with Crippen molar-refractivity contribution in [1.29, 1.82) is 0 Å². The first kappa shape index (κ1) is 70.3. The van der Waals surface area contributed by atoms with Gasteiger partial charge in [0.05, 0.1) is 11.8 Å². The van der Waals surface area contributed by atoms with Gasteiger partial charge in [0.15, 0.2) is 12.3 Å². The molecule has 1 aliphatic carbocycles. The Kier molecular flexibility index (Phi) is 30.1. The molecule has 2 aliphatic heterocycles. The van der Waals surface area contributed by atoms with Crippen LogP contribution in [0.15, 0.2) is 82.6 Å². The number of anilines is 1. The molecule has 454 valence electrons. The largest absolute Gasteiger partial charge is 1.00 e. The van der Waals surface area contributed by atoms with Gasteiger partial charge in [-0.25, -0.2) is 0 Å². The summed E-state index contributed by atoms with van der Waals surface area (Å²) in [5, 5.41) is 21.4. The van der Waals surface area contributed by atoms with Crippen LogP contribution in [0, 0.1) is 5.92 Å². The number of halogens is 2. The number of nitrogens with zero attached hydrogens (tertiary/aromatic N) is 2. The van der Waals surface area contributed by atoms with Gasteiger partial charge in [0, 0.05) is 46.1 Å². The van der Waals surface area contributed by atoms with Crippen LogP contribution in [0.2, 0.25) is 0 Å². The van der Waals surface area contributed by atoms with Crippen molar-refractivity contribution in [2.75, 3.05) is 18.0 Å². The van der Waals surface area contributed by atoms with Crippen molar-refractivity contribution < 1.29 is 48.4 Å². The second-order valence-corrected chi connectivity index (χ2v) is 27.3. The molecule has 0 saturated carbocycles. The average Bonchev–Trinajstić information content (AvgIpc) is 3.84. The van der Waals surface area contributed by atoms with Crippen LogP contribution < -0.4 is 28.9 Å². The minimum Gasteiger partial charge on any atom is -1.00 e. The molecule has 0 radical (unpaired) electrons. The van der Waals surface area contributed by atoms with Crippen LogP contribution in [0.1, 0.15) is 304 Å². The zero-order valence-electron chi connectivity index (χ0n) is 53.3. The number of carbonyl (C=O) groups is 2. The Labute approximate surface area is 517 Å². The van der Waals surface area contributed by atoms with Gasteiger partial charge in [-0.15, -0.1) is 0 Å². The number of benzene rings is 2. The van der Waals surface area contributed by atoms with E-state index in [0.717, 1.165) is 86.8 Å². The van der Waals surface area contributed by atoms with Gasteiger partial charge < -0.3 is 39.1 Å². The van der Waals surface area contributed by atoms with E-state index in [1.807, 2.05) is 0 Å². The summed E-state index contributed by atoms with van der Waals surface area (Å²) in [6.45, 7) is 26.2. The Morgan fingerprint density at radius 1 is 0.593 bits per heavy atom. The molecular weight excluding hydrogens is 1130 g/mol. The maximum absolute atomic E-state index is 12.5. The molecule has 0 bridgehead atoms. The Hall–Kier alpha value is -3.17. The highest BCUT2D eigenvalue weighted by Crippen LogP contribution is 2.55. The average molecular weight is 1250 g/mol. The summed E-state index contributed by atoms with van der Waals surface area (Å²) in [5.74, 6) is -1.13. The number of hydrogen-bond acceptors (Lipinski definition) is 3. The minimum absolute atomic E-state index is 0. The van der Waals surface area contributed by atoms with E-state index in [1.165, 1.54) is 167 Å². The van der Waals surface area contributed by atoms with Gasteiger partial charge in [-0.2, -0.15) is 4.58 Å². The molecule has 2 heterocycles. The summed E-state index contributed by atoms with van der Waals surface area (Å²) in [7, 11) is 0. The van der Waals surface area contributed by atoms with Crippen molar-refractivity contribution >= 4 is 40.6 Å². The third kappa shape index (κ3) is 19.7. The SMILES string of the molecule is CCCCCCCCC1(CCCCCCCC)C(=CC=C2CC(CC)CC(C=CC3=[N+](CCC(=O)O)c4ccc(C(C)(C)C)cc4C3(CCCCCCC)CCCCCCCC)=C2Cl)N(CCC(=O)O)c2ccc(C(C)(C)C)cc21.[I-]. The predicted octanol–water partition coefficient (Wildman–Crippen LogP) is 18.6. The lowest BCUT2D eigenvalue weighted by Crippen LogP contribution is -3.00. The lowest BCUT2D eigenvalue weighted by atomic mass is 9.68. The van der Waals surface area contributed by atoms with E-state index in [4.69, 9.17) is 11.6 Å². The normalized spacial score (nSPS) is 19.1. The molecule has 5 rings (SSSR count). The van der Waals surface area contributed by atoms with Crippen molar-refractivity contribution in [2.45, 2.75) is 303 Å².